The fraction of sp³-hybridized carbons (Fsp3) is 0.455. The van der Waals surface area contributed by atoms with Gasteiger partial charge in [0.25, 0.3) is 0 Å². The van der Waals surface area contributed by atoms with E-state index in [9.17, 15) is 5.11 Å². The number of benzene rings is 2. The normalized spacial score (nSPS) is 25.6. The number of ether oxygens (including phenoxy) is 2. The van der Waals surface area contributed by atoms with E-state index in [1.54, 1.807) is 0 Å². The third kappa shape index (κ3) is 3.68. The molecule has 2 aliphatic heterocycles. The summed E-state index contributed by atoms with van der Waals surface area (Å²) < 4.78 is 11.3. The van der Waals surface area contributed by atoms with Crippen LogP contribution in [0.5, 0.6) is 11.5 Å². The van der Waals surface area contributed by atoms with Crippen LogP contribution in [0.1, 0.15) is 17.5 Å². The standard InChI is InChI=1S/C22H28N2O3/c1-23(2)21-16-24(11-10-22(21,25)18-6-4-3-5-7-18)15-17-8-9-19-20(14-17)27-13-12-26-19/h3-9,14,21,25H,10-13,15-16H2,1-2H3/t21-,22+/m1/s1. The van der Waals surface area contributed by atoms with Gasteiger partial charge in [0.05, 0.1) is 6.04 Å². The molecule has 0 aromatic heterocycles. The van der Waals surface area contributed by atoms with Crippen LogP contribution in [-0.4, -0.2) is 61.3 Å². The van der Waals surface area contributed by atoms with Gasteiger partial charge in [0.1, 0.15) is 18.8 Å². The summed E-state index contributed by atoms with van der Waals surface area (Å²) in [6.07, 6.45) is 0.713. The lowest BCUT2D eigenvalue weighted by atomic mass is 9.79. The van der Waals surface area contributed by atoms with Gasteiger partial charge in [-0.05, 0) is 43.8 Å². The number of nitrogens with zero attached hydrogens (tertiary/aromatic N) is 2. The lowest BCUT2D eigenvalue weighted by Gasteiger charge is -2.47. The Bertz CT molecular complexity index is 780. The summed E-state index contributed by atoms with van der Waals surface area (Å²) in [5.74, 6) is 1.66. The molecule has 0 radical (unpaired) electrons. The minimum Gasteiger partial charge on any atom is -0.486 e. The summed E-state index contributed by atoms with van der Waals surface area (Å²) >= 11 is 0. The summed E-state index contributed by atoms with van der Waals surface area (Å²) in [6.45, 7) is 3.72. The zero-order valence-electron chi connectivity index (χ0n) is 16.1. The van der Waals surface area contributed by atoms with E-state index in [-0.39, 0.29) is 6.04 Å². The van der Waals surface area contributed by atoms with Crippen molar-refractivity contribution in [1.29, 1.82) is 0 Å². The average Bonchev–Trinajstić information content (AvgIpc) is 2.70. The van der Waals surface area contributed by atoms with Crippen molar-refractivity contribution in [3.63, 3.8) is 0 Å². The van der Waals surface area contributed by atoms with E-state index in [1.807, 2.05) is 50.5 Å². The van der Waals surface area contributed by atoms with E-state index in [0.29, 0.717) is 19.6 Å². The minimum atomic E-state index is -0.825. The van der Waals surface area contributed by atoms with Gasteiger partial charge in [0.2, 0.25) is 0 Å². The van der Waals surface area contributed by atoms with Crippen LogP contribution in [0.3, 0.4) is 0 Å². The number of piperidine rings is 1. The molecular formula is C22H28N2O3. The smallest absolute Gasteiger partial charge is 0.161 e. The molecule has 2 aromatic carbocycles. The number of hydrogen-bond donors (Lipinski definition) is 1. The quantitative estimate of drug-likeness (QED) is 0.898. The van der Waals surface area contributed by atoms with E-state index in [1.165, 1.54) is 5.56 Å². The minimum absolute atomic E-state index is 0.0332. The molecule has 0 saturated carbocycles. The molecule has 1 N–H and O–H groups in total. The summed E-state index contributed by atoms with van der Waals surface area (Å²) in [4.78, 5) is 4.55. The molecule has 5 nitrogen and oxygen atoms in total. The Kier molecular flexibility index (Phi) is 5.08. The Morgan fingerprint density at radius 2 is 1.81 bits per heavy atom. The second-order valence-corrected chi connectivity index (χ2v) is 7.73. The van der Waals surface area contributed by atoms with Gasteiger partial charge in [-0.1, -0.05) is 36.4 Å². The van der Waals surface area contributed by atoms with E-state index in [2.05, 4.69) is 21.9 Å². The second-order valence-electron chi connectivity index (χ2n) is 7.73. The van der Waals surface area contributed by atoms with Crippen LogP contribution in [0.4, 0.5) is 0 Å². The third-order valence-corrected chi connectivity index (χ3v) is 5.70. The van der Waals surface area contributed by atoms with Gasteiger partial charge >= 0.3 is 0 Å². The maximum absolute atomic E-state index is 11.5. The van der Waals surface area contributed by atoms with Crippen molar-refractivity contribution >= 4 is 0 Å². The first-order chi connectivity index (χ1) is 13.1. The molecule has 1 fully saturated rings. The molecule has 4 rings (SSSR count). The van der Waals surface area contributed by atoms with Crippen LogP contribution < -0.4 is 9.47 Å². The molecule has 27 heavy (non-hydrogen) atoms. The number of rotatable bonds is 4. The molecule has 2 aromatic rings. The van der Waals surface area contributed by atoms with Crippen molar-refractivity contribution in [2.24, 2.45) is 0 Å². The molecule has 0 bridgehead atoms. The maximum atomic E-state index is 11.5. The highest BCUT2D eigenvalue weighted by Crippen LogP contribution is 2.36. The molecule has 0 spiro atoms. The molecule has 0 aliphatic carbocycles. The van der Waals surface area contributed by atoms with Crippen LogP contribution in [0.25, 0.3) is 0 Å². The van der Waals surface area contributed by atoms with Crippen LogP contribution >= 0.6 is 0 Å². The lowest BCUT2D eigenvalue weighted by molar-refractivity contribution is -0.0893. The van der Waals surface area contributed by atoms with Gasteiger partial charge < -0.3 is 19.5 Å². The second kappa shape index (κ2) is 7.50. The van der Waals surface area contributed by atoms with Gasteiger partial charge in [-0.3, -0.25) is 4.90 Å². The fourth-order valence-electron chi connectivity index (χ4n) is 4.22. The molecule has 0 unspecified atom stereocenters. The topological polar surface area (TPSA) is 45.2 Å². The van der Waals surface area contributed by atoms with Crippen molar-refractivity contribution in [3.05, 3.63) is 59.7 Å². The van der Waals surface area contributed by atoms with Crippen LogP contribution in [-0.2, 0) is 12.1 Å². The number of likely N-dealkylation sites (tertiary alicyclic amines) is 1. The SMILES string of the molecule is CN(C)[C@@H]1CN(Cc2ccc3c(c2)OCCO3)CC[C@]1(O)c1ccccc1. The average molecular weight is 368 g/mol. The number of likely N-dealkylation sites (N-methyl/N-ethyl adjacent to an activating group) is 1. The zero-order valence-corrected chi connectivity index (χ0v) is 16.1. The molecule has 2 atom stereocenters. The molecular weight excluding hydrogens is 340 g/mol. The van der Waals surface area contributed by atoms with Crippen LogP contribution in [0.15, 0.2) is 48.5 Å². The summed E-state index contributed by atoms with van der Waals surface area (Å²) in [6, 6.07) is 16.3. The van der Waals surface area contributed by atoms with Gasteiger partial charge in [0.15, 0.2) is 11.5 Å². The molecule has 0 amide bonds. The van der Waals surface area contributed by atoms with Gasteiger partial charge in [0, 0.05) is 19.6 Å². The predicted octanol–water partition coefficient (Wildman–Crippen LogP) is 2.48. The van der Waals surface area contributed by atoms with Crippen molar-refractivity contribution < 1.29 is 14.6 Å². The number of fused-ring (bicyclic) bond motifs is 1. The van der Waals surface area contributed by atoms with E-state index < -0.39 is 5.60 Å². The maximum Gasteiger partial charge on any atom is 0.161 e. The van der Waals surface area contributed by atoms with Crippen molar-refractivity contribution in [1.82, 2.24) is 9.80 Å². The molecule has 1 saturated heterocycles. The predicted molar refractivity (Wildman–Crippen MR) is 105 cm³/mol. The summed E-state index contributed by atoms with van der Waals surface area (Å²) in [5, 5.41) is 11.5. The molecule has 144 valence electrons. The van der Waals surface area contributed by atoms with Gasteiger partial charge in [-0.2, -0.15) is 0 Å². The number of hydrogen-bond acceptors (Lipinski definition) is 5. The lowest BCUT2D eigenvalue weighted by Crippen LogP contribution is -2.58. The van der Waals surface area contributed by atoms with Crippen LogP contribution in [0.2, 0.25) is 0 Å². The Morgan fingerprint density at radius 1 is 1.07 bits per heavy atom. The summed E-state index contributed by atoms with van der Waals surface area (Å²) in [7, 11) is 4.10. The Hall–Kier alpha value is -2.08. The Labute approximate surface area is 161 Å². The first-order valence-corrected chi connectivity index (χ1v) is 9.61. The third-order valence-electron chi connectivity index (χ3n) is 5.70. The van der Waals surface area contributed by atoms with E-state index in [4.69, 9.17) is 9.47 Å². The Balaban J connectivity index is 1.51. The van der Waals surface area contributed by atoms with Gasteiger partial charge in [-0.25, -0.2) is 0 Å². The Morgan fingerprint density at radius 3 is 2.56 bits per heavy atom. The van der Waals surface area contributed by atoms with Crippen molar-refractivity contribution in [3.8, 4) is 11.5 Å². The highest BCUT2D eigenvalue weighted by molar-refractivity contribution is 5.43. The fourth-order valence-corrected chi connectivity index (χ4v) is 4.22. The summed E-state index contributed by atoms with van der Waals surface area (Å²) in [5.41, 5.74) is 1.39. The zero-order chi connectivity index (χ0) is 18.9. The largest absolute Gasteiger partial charge is 0.486 e. The number of aliphatic hydroxyl groups is 1. The van der Waals surface area contributed by atoms with Crippen molar-refractivity contribution in [2.45, 2.75) is 24.6 Å². The molecule has 2 heterocycles. The highest BCUT2D eigenvalue weighted by atomic mass is 16.6. The van der Waals surface area contributed by atoms with Crippen molar-refractivity contribution in [2.75, 3.05) is 40.4 Å². The first kappa shape index (κ1) is 18.3. The molecule has 2 aliphatic rings. The monoisotopic (exact) mass is 368 g/mol. The first-order valence-electron chi connectivity index (χ1n) is 9.61. The molecule has 5 heteroatoms. The van der Waals surface area contributed by atoms with E-state index >= 15 is 0 Å². The van der Waals surface area contributed by atoms with Gasteiger partial charge in [-0.15, -0.1) is 0 Å². The highest BCUT2D eigenvalue weighted by Gasteiger charge is 2.43. The van der Waals surface area contributed by atoms with Crippen LogP contribution in [0, 0.1) is 0 Å². The van der Waals surface area contributed by atoms with E-state index in [0.717, 1.165) is 36.7 Å².